The third-order valence-electron chi connectivity index (χ3n) is 4.98. The predicted molar refractivity (Wildman–Crippen MR) is 76.6 cm³/mol. The first-order chi connectivity index (χ1) is 10.0. The van der Waals surface area contributed by atoms with Crippen LogP contribution in [0.15, 0.2) is 18.2 Å². The van der Waals surface area contributed by atoms with Gasteiger partial charge in [0.25, 0.3) is 0 Å². The summed E-state index contributed by atoms with van der Waals surface area (Å²) in [6.07, 6.45) is -2.69. The predicted octanol–water partition coefficient (Wildman–Crippen LogP) is 5.34. The molecule has 1 aliphatic carbocycles. The highest BCUT2D eigenvalue weighted by Crippen LogP contribution is 2.49. The molecule has 5 heteroatoms. The van der Waals surface area contributed by atoms with Crippen molar-refractivity contribution in [2.75, 3.05) is 0 Å². The van der Waals surface area contributed by atoms with E-state index in [-0.39, 0.29) is 22.8 Å². The first-order valence-corrected chi connectivity index (χ1v) is 7.59. The Morgan fingerprint density at radius 3 is 2.41 bits per heavy atom. The summed E-state index contributed by atoms with van der Waals surface area (Å²) in [5.74, 6) is -1.19. The number of halogens is 4. The average Bonchev–Trinajstić information content (AvgIpc) is 2.35. The highest BCUT2D eigenvalue weighted by Gasteiger charge is 2.42. The van der Waals surface area contributed by atoms with E-state index in [9.17, 15) is 22.7 Å². The van der Waals surface area contributed by atoms with Crippen molar-refractivity contribution < 1.29 is 22.7 Å². The van der Waals surface area contributed by atoms with Gasteiger partial charge in [-0.15, -0.1) is 0 Å². The number of aliphatic hydroxyl groups is 1. The highest BCUT2D eigenvalue weighted by molar-refractivity contribution is 5.28. The van der Waals surface area contributed by atoms with Crippen LogP contribution in [0.2, 0.25) is 0 Å². The second-order valence-electron chi connectivity index (χ2n) is 7.07. The van der Waals surface area contributed by atoms with E-state index < -0.39 is 23.7 Å². The Balaban J connectivity index is 2.33. The normalized spacial score (nSPS) is 26.7. The monoisotopic (exact) mass is 318 g/mol. The van der Waals surface area contributed by atoms with Crippen LogP contribution in [0, 0.1) is 23.1 Å². The van der Waals surface area contributed by atoms with Crippen LogP contribution < -0.4 is 0 Å². The maximum atomic E-state index is 13.7. The summed E-state index contributed by atoms with van der Waals surface area (Å²) in [6, 6.07) is 2.73. The molecule has 0 bridgehead atoms. The van der Waals surface area contributed by atoms with Crippen LogP contribution in [0.4, 0.5) is 17.6 Å². The fourth-order valence-corrected chi connectivity index (χ4v) is 3.89. The summed E-state index contributed by atoms with van der Waals surface area (Å²) in [6.45, 7) is 6.14. The summed E-state index contributed by atoms with van der Waals surface area (Å²) in [5.41, 5.74) is -1.20. The number of rotatable bonds is 2. The quantitative estimate of drug-likeness (QED) is 0.730. The Labute approximate surface area is 128 Å². The van der Waals surface area contributed by atoms with Crippen LogP contribution in [0.25, 0.3) is 0 Å². The van der Waals surface area contributed by atoms with E-state index in [1.54, 1.807) is 0 Å². The zero-order valence-corrected chi connectivity index (χ0v) is 13.0. The fraction of sp³-hybridized carbons (Fsp3) is 0.647. The largest absolute Gasteiger partial charge is 0.419 e. The summed E-state index contributed by atoms with van der Waals surface area (Å²) in [5, 5.41) is 10.6. The highest BCUT2D eigenvalue weighted by atomic mass is 19.4. The van der Waals surface area contributed by atoms with E-state index >= 15 is 0 Å². The van der Waals surface area contributed by atoms with Crippen molar-refractivity contribution in [2.24, 2.45) is 17.3 Å². The van der Waals surface area contributed by atoms with Gasteiger partial charge in [0.2, 0.25) is 0 Å². The van der Waals surface area contributed by atoms with Gasteiger partial charge in [0.1, 0.15) is 5.82 Å². The average molecular weight is 318 g/mol. The van der Waals surface area contributed by atoms with Crippen molar-refractivity contribution >= 4 is 0 Å². The number of benzene rings is 1. The molecule has 124 valence electrons. The molecule has 0 saturated heterocycles. The number of alkyl halides is 3. The van der Waals surface area contributed by atoms with Crippen LogP contribution >= 0.6 is 0 Å². The van der Waals surface area contributed by atoms with Gasteiger partial charge in [-0.2, -0.15) is 13.2 Å². The molecule has 2 rings (SSSR count). The van der Waals surface area contributed by atoms with Gasteiger partial charge in [-0.05, 0) is 41.4 Å². The molecule has 0 amide bonds. The van der Waals surface area contributed by atoms with Crippen LogP contribution in [0.3, 0.4) is 0 Å². The summed E-state index contributed by atoms with van der Waals surface area (Å²) >= 11 is 0. The molecule has 0 heterocycles. The van der Waals surface area contributed by atoms with Gasteiger partial charge in [0.05, 0.1) is 11.7 Å². The lowest BCUT2D eigenvalue weighted by Crippen LogP contribution is -2.38. The molecule has 1 nitrogen and oxygen atoms in total. The Morgan fingerprint density at radius 1 is 1.27 bits per heavy atom. The molecule has 1 aromatic rings. The molecule has 0 radical (unpaired) electrons. The van der Waals surface area contributed by atoms with E-state index in [1.165, 1.54) is 6.07 Å². The molecule has 1 aromatic carbocycles. The third kappa shape index (κ3) is 3.29. The minimum atomic E-state index is -4.72. The van der Waals surface area contributed by atoms with Gasteiger partial charge in [-0.25, -0.2) is 4.39 Å². The van der Waals surface area contributed by atoms with Gasteiger partial charge in [-0.1, -0.05) is 39.7 Å². The lowest BCUT2D eigenvalue weighted by Gasteiger charge is -2.45. The van der Waals surface area contributed by atoms with E-state index in [0.717, 1.165) is 25.3 Å². The Hall–Kier alpha value is -1.10. The minimum Gasteiger partial charge on any atom is -0.388 e. The molecular formula is C17H22F4O. The van der Waals surface area contributed by atoms with Crippen molar-refractivity contribution in [1.29, 1.82) is 0 Å². The van der Waals surface area contributed by atoms with E-state index in [4.69, 9.17) is 0 Å². The molecular weight excluding hydrogens is 296 g/mol. The van der Waals surface area contributed by atoms with Crippen LogP contribution in [-0.2, 0) is 6.18 Å². The molecule has 1 saturated carbocycles. The lowest BCUT2D eigenvalue weighted by atomic mass is 9.61. The Bertz CT molecular complexity index is 536. The van der Waals surface area contributed by atoms with Gasteiger partial charge in [0.15, 0.2) is 0 Å². The van der Waals surface area contributed by atoms with Gasteiger partial charge in [-0.3, -0.25) is 0 Å². The molecule has 1 N–H and O–H groups in total. The first-order valence-electron chi connectivity index (χ1n) is 7.59. The zero-order valence-electron chi connectivity index (χ0n) is 13.0. The van der Waals surface area contributed by atoms with Gasteiger partial charge < -0.3 is 5.11 Å². The van der Waals surface area contributed by atoms with Gasteiger partial charge >= 0.3 is 6.18 Å². The number of hydrogen-bond donors (Lipinski definition) is 1. The Morgan fingerprint density at radius 2 is 1.91 bits per heavy atom. The fourth-order valence-electron chi connectivity index (χ4n) is 3.89. The second-order valence-corrected chi connectivity index (χ2v) is 7.07. The number of hydrogen-bond acceptors (Lipinski definition) is 1. The molecule has 1 fully saturated rings. The standard InChI is InChI=1S/C17H22F4O/c1-10-5-4-8-16(2,3)14(10)15(22)11-6-7-12(13(18)9-11)17(19,20)21/h6-7,9-10,14-15,22H,4-5,8H2,1-3H3/t10?,14-,15+/m1/s1. The van der Waals surface area contributed by atoms with E-state index in [1.807, 2.05) is 6.92 Å². The summed E-state index contributed by atoms with van der Waals surface area (Å²) in [4.78, 5) is 0. The second kappa shape index (κ2) is 5.84. The zero-order chi connectivity index (χ0) is 16.7. The van der Waals surface area contributed by atoms with Crippen molar-refractivity contribution in [3.63, 3.8) is 0 Å². The van der Waals surface area contributed by atoms with Crippen molar-refractivity contribution in [2.45, 2.75) is 52.3 Å². The maximum Gasteiger partial charge on any atom is 0.419 e. The SMILES string of the molecule is CC1CCCC(C)(C)[C@H]1[C@@H](O)c1ccc(C(F)(F)F)c(F)c1. The minimum absolute atomic E-state index is 0.0996. The molecule has 1 unspecified atom stereocenters. The third-order valence-corrected chi connectivity index (χ3v) is 4.98. The van der Waals surface area contributed by atoms with E-state index in [0.29, 0.717) is 6.07 Å². The summed E-state index contributed by atoms with van der Waals surface area (Å²) < 4.78 is 51.6. The van der Waals surface area contributed by atoms with Crippen LogP contribution in [0.1, 0.15) is 57.3 Å². The smallest absolute Gasteiger partial charge is 0.388 e. The van der Waals surface area contributed by atoms with Gasteiger partial charge in [0, 0.05) is 0 Å². The van der Waals surface area contributed by atoms with Crippen molar-refractivity contribution in [1.82, 2.24) is 0 Å². The maximum absolute atomic E-state index is 13.7. The van der Waals surface area contributed by atoms with Crippen molar-refractivity contribution in [3.8, 4) is 0 Å². The molecule has 3 atom stereocenters. The first kappa shape index (κ1) is 17.3. The van der Waals surface area contributed by atoms with Crippen LogP contribution in [-0.4, -0.2) is 5.11 Å². The molecule has 0 aromatic heterocycles. The molecule has 1 aliphatic rings. The lowest BCUT2D eigenvalue weighted by molar-refractivity contribution is -0.140. The molecule has 0 spiro atoms. The Kier molecular flexibility index (Phi) is 4.58. The number of aliphatic hydroxyl groups excluding tert-OH is 1. The summed E-state index contributed by atoms with van der Waals surface area (Å²) in [7, 11) is 0. The molecule has 0 aliphatic heterocycles. The van der Waals surface area contributed by atoms with Crippen molar-refractivity contribution in [3.05, 3.63) is 35.1 Å². The topological polar surface area (TPSA) is 20.2 Å². The van der Waals surface area contributed by atoms with Crippen LogP contribution in [0.5, 0.6) is 0 Å². The molecule has 22 heavy (non-hydrogen) atoms. The van der Waals surface area contributed by atoms with E-state index in [2.05, 4.69) is 13.8 Å².